The third-order valence-corrected chi connectivity index (χ3v) is 1.21. The predicted octanol–water partition coefficient (Wildman–Crippen LogP) is 0.570. The van der Waals surface area contributed by atoms with Gasteiger partial charge in [-0.25, -0.2) is 0 Å². The van der Waals surface area contributed by atoms with Crippen LogP contribution in [0, 0.1) is 33.3 Å². The van der Waals surface area contributed by atoms with Crippen LogP contribution >= 0.6 is 0 Å². The molecular formula is C10H11MoNO5. The number of hydrogen-bond acceptors (Lipinski definition) is 1. The van der Waals surface area contributed by atoms with Gasteiger partial charge in [-0.2, -0.15) is 0 Å². The molecule has 1 aliphatic heterocycles. The van der Waals surface area contributed by atoms with Crippen molar-refractivity contribution in [2.75, 3.05) is 13.1 Å². The molecule has 1 heterocycles. The van der Waals surface area contributed by atoms with E-state index in [4.69, 9.17) is 23.3 Å². The summed E-state index contributed by atoms with van der Waals surface area (Å²) >= 11 is 0. The van der Waals surface area contributed by atoms with E-state index in [0.29, 0.717) is 0 Å². The van der Waals surface area contributed by atoms with Gasteiger partial charge in [0, 0.05) is 21.1 Å². The average molecular weight is 321 g/mol. The second-order valence-electron chi connectivity index (χ2n) is 1.81. The zero-order chi connectivity index (χ0) is 14.2. The summed E-state index contributed by atoms with van der Waals surface area (Å²) in [5.74, 6) is 0. The van der Waals surface area contributed by atoms with E-state index in [1.54, 1.807) is 0 Å². The summed E-state index contributed by atoms with van der Waals surface area (Å²) in [5, 5.41) is 3.28. The van der Waals surface area contributed by atoms with Crippen molar-refractivity contribution in [1.82, 2.24) is 5.32 Å². The smallest absolute Gasteiger partial charge is 0 e. The van der Waals surface area contributed by atoms with Gasteiger partial charge in [0.2, 0.25) is 0 Å². The third kappa shape index (κ3) is 95.6. The van der Waals surface area contributed by atoms with Crippen LogP contribution in [0.4, 0.5) is 0 Å². The van der Waals surface area contributed by atoms with E-state index >= 15 is 0 Å². The van der Waals surface area contributed by atoms with E-state index < -0.39 is 0 Å². The molecule has 0 atom stereocenters. The van der Waals surface area contributed by atoms with Crippen LogP contribution in [-0.4, -0.2) is 13.1 Å². The Morgan fingerprint density at radius 3 is 0.824 bits per heavy atom. The molecule has 1 fully saturated rings. The Hall–Kier alpha value is -0.652. The van der Waals surface area contributed by atoms with Crippen molar-refractivity contribution in [1.29, 1.82) is 0 Å². The molecule has 0 spiro atoms. The molecule has 0 aliphatic carbocycles. The predicted molar refractivity (Wildman–Crippen MR) is 46.4 cm³/mol. The summed E-state index contributed by atoms with van der Waals surface area (Å²) in [6.45, 7) is 25.0. The van der Waals surface area contributed by atoms with Crippen LogP contribution in [0.3, 0.4) is 0 Å². The molecule has 7 heteroatoms. The minimum atomic E-state index is 0. The zero-order valence-corrected chi connectivity index (χ0v) is 11.0. The van der Waals surface area contributed by atoms with Crippen molar-refractivity contribution in [3.63, 3.8) is 0 Å². The van der Waals surface area contributed by atoms with Gasteiger partial charge < -0.3 is 5.32 Å². The Balaban J connectivity index is -0.0000000242. The van der Waals surface area contributed by atoms with Gasteiger partial charge in [-0.3, -0.25) is 0 Å². The quantitative estimate of drug-likeness (QED) is 0.392. The number of hydrogen-bond donors (Lipinski definition) is 1. The van der Waals surface area contributed by atoms with Crippen LogP contribution in [0.5, 0.6) is 0 Å². The summed E-state index contributed by atoms with van der Waals surface area (Å²) in [6, 6.07) is 0. The van der Waals surface area contributed by atoms with Crippen LogP contribution in [0.25, 0.3) is 0 Å². The molecule has 0 radical (unpaired) electrons. The Kier molecular flexibility index (Phi) is 234. The maximum Gasteiger partial charge on any atom is 0 e. The minimum Gasteiger partial charge on any atom is 0 e. The molecule has 6 nitrogen and oxygen atoms in total. The topological polar surface area (TPSA) is 112 Å². The van der Waals surface area contributed by atoms with Gasteiger partial charge in [0.25, 0.3) is 0 Å². The standard InChI is InChI=1S/C5H11N.5CO.Mo/c1-2-4-6-5-3-1;5*1-2;/h6H,1-5H2;;;;;;. The SMILES string of the molecule is C1CCNCC1.[C-]#[O+].[C-]#[O+].[C-]#[O+].[C-]#[O+].[C-]#[O+].[Mo]. The van der Waals surface area contributed by atoms with Crippen molar-refractivity contribution >= 4 is 0 Å². The van der Waals surface area contributed by atoms with Crippen molar-refractivity contribution in [3.8, 4) is 0 Å². The molecule has 0 aromatic heterocycles. The first-order chi connectivity index (χ1) is 8.00. The Morgan fingerprint density at radius 2 is 0.765 bits per heavy atom. The van der Waals surface area contributed by atoms with E-state index in [-0.39, 0.29) is 21.1 Å². The molecule has 0 aromatic rings. The number of nitrogens with one attached hydrogen (secondary N) is 1. The summed E-state index contributed by atoms with van der Waals surface area (Å²) in [4.78, 5) is 0. The molecule has 0 amide bonds. The summed E-state index contributed by atoms with van der Waals surface area (Å²) < 4.78 is 37.5. The van der Waals surface area contributed by atoms with Crippen LogP contribution in [0.1, 0.15) is 19.3 Å². The Morgan fingerprint density at radius 1 is 0.529 bits per heavy atom. The minimum absolute atomic E-state index is 0. The first-order valence-corrected chi connectivity index (χ1v) is 3.73. The van der Waals surface area contributed by atoms with Crippen molar-refractivity contribution in [2.24, 2.45) is 0 Å². The molecule has 0 bridgehead atoms. The largest absolute Gasteiger partial charge is 0 e. The molecule has 1 rings (SSSR count). The first kappa shape index (κ1) is 36.0. The molecule has 0 saturated carbocycles. The van der Waals surface area contributed by atoms with Gasteiger partial charge in [-0.05, 0) is 25.9 Å². The molecular weight excluding hydrogens is 310 g/mol. The maximum absolute atomic E-state index is 7.50. The van der Waals surface area contributed by atoms with E-state index in [9.17, 15) is 0 Å². The average Bonchev–Trinajstić information content (AvgIpc) is 2.51. The van der Waals surface area contributed by atoms with Gasteiger partial charge in [-0.1, -0.05) is 6.42 Å². The van der Waals surface area contributed by atoms with Gasteiger partial charge in [0.05, 0.1) is 0 Å². The van der Waals surface area contributed by atoms with Gasteiger partial charge in [-0.15, -0.1) is 0 Å². The second-order valence-corrected chi connectivity index (χ2v) is 1.81. The fourth-order valence-electron chi connectivity index (χ4n) is 0.802. The zero-order valence-electron chi connectivity index (χ0n) is 8.99. The van der Waals surface area contributed by atoms with Gasteiger partial charge in [0.15, 0.2) is 0 Å². The van der Waals surface area contributed by atoms with Crippen molar-refractivity contribution < 1.29 is 44.3 Å². The van der Waals surface area contributed by atoms with Crippen LogP contribution in [0.2, 0.25) is 0 Å². The number of rotatable bonds is 0. The van der Waals surface area contributed by atoms with Crippen LogP contribution in [-0.2, 0) is 44.3 Å². The fraction of sp³-hybridized carbons (Fsp3) is 0.500. The molecule has 17 heavy (non-hydrogen) atoms. The van der Waals surface area contributed by atoms with Crippen LogP contribution in [0.15, 0.2) is 0 Å². The first-order valence-electron chi connectivity index (χ1n) is 3.73. The summed E-state index contributed by atoms with van der Waals surface area (Å²) in [7, 11) is 0. The second kappa shape index (κ2) is 110. The monoisotopic (exact) mass is 323 g/mol. The molecule has 92 valence electrons. The Bertz CT molecular complexity index is 135. The van der Waals surface area contributed by atoms with Crippen molar-refractivity contribution in [3.05, 3.63) is 33.3 Å². The van der Waals surface area contributed by atoms with E-state index in [1.165, 1.54) is 32.4 Å². The van der Waals surface area contributed by atoms with Crippen LogP contribution < -0.4 is 5.32 Å². The third-order valence-electron chi connectivity index (χ3n) is 1.21. The normalized spacial score (nSPS) is 9.06. The fourth-order valence-corrected chi connectivity index (χ4v) is 0.802. The summed E-state index contributed by atoms with van der Waals surface area (Å²) in [6.07, 6.45) is 4.22. The van der Waals surface area contributed by atoms with E-state index in [2.05, 4.69) is 38.6 Å². The summed E-state index contributed by atoms with van der Waals surface area (Å²) in [5.41, 5.74) is 0. The van der Waals surface area contributed by atoms with Gasteiger partial charge >= 0.3 is 56.5 Å². The molecule has 0 unspecified atom stereocenters. The maximum atomic E-state index is 7.50. The van der Waals surface area contributed by atoms with Gasteiger partial charge in [0.1, 0.15) is 0 Å². The van der Waals surface area contributed by atoms with E-state index in [1.807, 2.05) is 0 Å². The molecule has 1 aliphatic rings. The van der Waals surface area contributed by atoms with Crippen molar-refractivity contribution in [2.45, 2.75) is 19.3 Å². The van der Waals surface area contributed by atoms with E-state index in [0.717, 1.165) is 0 Å². The molecule has 1 N–H and O–H groups in total. The molecule has 0 aromatic carbocycles. The molecule has 1 saturated heterocycles. The Labute approximate surface area is 115 Å². The number of piperidine rings is 1.